The summed E-state index contributed by atoms with van der Waals surface area (Å²) < 4.78 is 10.9. The van der Waals surface area contributed by atoms with Gasteiger partial charge in [0.1, 0.15) is 12.7 Å². The van der Waals surface area contributed by atoms with Gasteiger partial charge in [-0.15, -0.1) is 0 Å². The van der Waals surface area contributed by atoms with Crippen LogP contribution < -0.4 is 9.47 Å². The van der Waals surface area contributed by atoms with E-state index in [9.17, 15) is 5.11 Å². The number of aliphatic hydroxyl groups is 1. The summed E-state index contributed by atoms with van der Waals surface area (Å²) in [6, 6.07) is 7.51. The molecular weight excluding hydrogens is 254 g/mol. The van der Waals surface area contributed by atoms with Crippen molar-refractivity contribution in [1.82, 2.24) is 4.90 Å². The van der Waals surface area contributed by atoms with E-state index in [2.05, 4.69) is 11.8 Å². The molecule has 1 heterocycles. The molecule has 0 saturated carbocycles. The Morgan fingerprint density at radius 1 is 1.35 bits per heavy atom. The highest BCUT2D eigenvalue weighted by Gasteiger charge is 2.19. The Kier molecular flexibility index (Phi) is 5.68. The number of aliphatic hydroxyl groups excluding tert-OH is 1. The third-order valence-electron chi connectivity index (χ3n) is 3.71. The molecule has 4 nitrogen and oxygen atoms in total. The fourth-order valence-corrected chi connectivity index (χ4v) is 2.73. The van der Waals surface area contributed by atoms with Gasteiger partial charge in [0, 0.05) is 13.1 Å². The first kappa shape index (κ1) is 15.1. The van der Waals surface area contributed by atoms with Gasteiger partial charge in [0.25, 0.3) is 0 Å². The minimum Gasteiger partial charge on any atom is -0.493 e. The van der Waals surface area contributed by atoms with E-state index >= 15 is 0 Å². The average Bonchev–Trinajstić information content (AvgIpc) is 2.45. The second-order valence-corrected chi connectivity index (χ2v) is 5.62. The van der Waals surface area contributed by atoms with E-state index in [1.165, 1.54) is 12.8 Å². The average molecular weight is 279 g/mol. The number of hydrogen-bond donors (Lipinski definition) is 1. The molecule has 1 aromatic carbocycles. The molecular formula is C16H25NO3. The Hall–Kier alpha value is -1.26. The summed E-state index contributed by atoms with van der Waals surface area (Å²) >= 11 is 0. The molecule has 2 rings (SSSR count). The highest BCUT2D eigenvalue weighted by Crippen LogP contribution is 2.25. The summed E-state index contributed by atoms with van der Waals surface area (Å²) in [6.45, 7) is 5.40. The molecule has 1 aliphatic heterocycles. The van der Waals surface area contributed by atoms with E-state index in [4.69, 9.17) is 9.47 Å². The van der Waals surface area contributed by atoms with E-state index in [0.29, 0.717) is 24.7 Å². The summed E-state index contributed by atoms with van der Waals surface area (Å²) in [7, 11) is 1.62. The minimum absolute atomic E-state index is 0.297. The van der Waals surface area contributed by atoms with Crippen LogP contribution in [0.3, 0.4) is 0 Å². The monoisotopic (exact) mass is 279 g/mol. The largest absolute Gasteiger partial charge is 0.493 e. The lowest BCUT2D eigenvalue weighted by atomic mass is 10.0. The lowest BCUT2D eigenvalue weighted by Gasteiger charge is -2.32. The number of β-amino-alcohol motifs (C(OH)–C–C–N with tert-alkyl or cyclic N) is 1. The Labute approximate surface area is 121 Å². The molecule has 0 amide bonds. The Bertz CT molecular complexity index is 410. The molecule has 1 aliphatic rings. The Balaban J connectivity index is 1.78. The second-order valence-electron chi connectivity index (χ2n) is 5.62. The third kappa shape index (κ3) is 4.39. The van der Waals surface area contributed by atoms with E-state index in [-0.39, 0.29) is 0 Å². The van der Waals surface area contributed by atoms with Gasteiger partial charge in [-0.3, -0.25) is 0 Å². The van der Waals surface area contributed by atoms with Crippen molar-refractivity contribution in [2.45, 2.75) is 25.9 Å². The summed E-state index contributed by atoms with van der Waals surface area (Å²) in [4.78, 5) is 2.32. The van der Waals surface area contributed by atoms with Gasteiger partial charge >= 0.3 is 0 Å². The van der Waals surface area contributed by atoms with Crippen molar-refractivity contribution in [3.63, 3.8) is 0 Å². The number of piperidine rings is 1. The van der Waals surface area contributed by atoms with Crippen molar-refractivity contribution in [2.24, 2.45) is 5.92 Å². The first-order chi connectivity index (χ1) is 9.69. The van der Waals surface area contributed by atoms with Crippen molar-refractivity contribution in [3.8, 4) is 11.5 Å². The normalized spacial score (nSPS) is 21.4. The van der Waals surface area contributed by atoms with Crippen LogP contribution in [0.4, 0.5) is 0 Å². The lowest BCUT2D eigenvalue weighted by Crippen LogP contribution is -2.41. The molecule has 0 bridgehead atoms. The molecule has 1 aromatic rings. The highest BCUT2D eigenvalue weighted by atomic mass is 16.5. The standard InChI is InChI=1S/C16H25NO3/c1-13-6-5-9-17(10-13)11-14(18)12-20-16-8-4-3-7-15(16)19-2/h3-4,7-8,13-14,18H,5-6,9-12H2,1-2H3. The Morgan fingerprint density at radius 2 is 2.10 bits per heavy atom. The van der Waals surface area contributed by atoms with Gasteiger partial charge in [-0.1, -0.05) is 19.1 Å². The van der Waals surface area contributed by atoms with Crippen LogP contribution in [0.2, 0.25) is 0 Å². The molecule has 4 heteroatoms. The summed E-state index contributed by atoms with van der Waals surface area (Å²) in [6.07, 6.45) is 2.05. The topological polar surface area (TPSA) is 41.9 Å². The zero-order valence-electron chi connectivity index (χ0n) is 12.4. The molecule has 1 fully saturated rings. The molecule has 20 heavy (non-hydrogen) atoms. The van der Waals surface area contributed by atoms with Crippen molar-refractivity contribution in [1.29, 1.82) is 0 Å². The van der Waals surface area contributed by atoms with E-state index in [0.717, 1.165) is 19.0 Å². The highest BCUT2D eigenvalue weighted by molar-refractivity contribution is 5.39. The minimum atomic E-state index is -0.467. The van der Waals surface area contributed by atoms with Crippen LogP contribution in [0.15, 0.2) is 24.3 Å². The van der Waals surface area contributed by atoms with Crippen molar-refractivity contribution >= 4 is 0 Å². The number of likely N-dealkylation sites (tertiary alicyclic amines) is 1. The van der Waals surface area contributed by atoms with Crippen LogP contribution >= 0.6 is 0 Å². The van der Waals surface area contributed by atoms with Crippen molar-refractivity contribution in [2.75, 3.05) is 33.4 Å². The summed E-state index contributed by atoms with van der Waals surface area (Å²) in [5.41, 5.74) is 0. The first-order valence-corrected chi connectivity index (χ1v) is 7.35. The van der Waals surface area contributed by atoms with Crippen LogP contribution in [0, 0.1) is 5.92 Å². The van der Waals surface area contributed by atoms with E-state index in [1.807, 2.05) is 24.3 Å². The molecule has 112 valence electrons. The van der Waals surface area contributed by atoms with Gasteiger partial charge in [-0.25, -0.2) is 0 Å². The van der Waals surface area contributed by atoms with Crippen LogP contribution in [0.1, 0.15) is 19.8 Å². The van der Waals surface area contributed by atoms with E-state index < -0.39 is 6.10 Å². The second kappa shape index (κ2) is 7.50. The molecule has 1 N–H and O–H groups in total. The zero-order chi connectivity index (χ0) is 14.4. The fraction of sp³-hybridized carbons (Fsp3) is 0.625. The maximum absolute atomic E-state index is 10.1. The molecule has 2 unspecified atom stereocenters. The first-order valence-electron chi connectivity index (χ1n) is 7.35. The van der Waals surface area contributed by atoms with Crippen LogP contribution in [-0.4, -0.2) is 49.5 Å². The molecule has 1 saturated heterocycles. The summed E-state index contributed by atoms with van der Waals surface area (Å²) in [5.74, 6) is 2.11. The van der Waals surface area contributed by atoms with Gasteiger partial charge in [0.05, 0.1) is 7.11 Å². The third-order valence-corrected chi connectivity index (χ3v) is 3.71. The van der Waals surface area contributed by atoms with Gasteiger partial charge in [-0.2, -0.15) is 0 Å². The number of rotatable bonds is 6. The Morgan fingerprint density at radius 3 is 2.80 bits per heavy atom. The van der Waals surface area contributed by atoms with Gasteiger partial charge in [0.15, 0.2) is 11.5 Å². The van der Waals surface area contributed by atoms with Crippen LogP contribution in [-0.2, 0) is 0 Å². The van der Waals surface area contributed by atoms with Crippen LogP contribution in [0.5, 0.6) is 11.5 Å². The predicted octanol–water partition coefficient (Wildman–Crippen LogP) is 2.17. The number of benzene rings is 1. The van der Waals surface area contributed by atoms with Gasteiger partial charge in [0.2, 0.25) is 0 Å². The molecule has 0 spiro atoms. The number of nitrogens with zero attached hydrogens (tertiary/aromatic N) is 1. The van der Waals surface area contributed by atoms with Gasteiger partial charge < -0.3 is 19.5 Å². The van der Waals surface area contributed by atoms with Crippen LogP contribution in [0.25, 0.3) is 0 Å². The number of methoxy groups -OCH3 is 1. The maximum Gasteiger partial charge on any atom is 0.161 e. The maximum atomic E-state index is 10.1. The van der Waals surface area contributed by atoms with Crippen molar-refractivity contribution < 1.29 is 14.6 Å². The SMILES string of the molecule is COc1ccccc1OCC(O)CN1CCCC(C)C1. The lowest BCUT2D eigenvalue weighted by molar-refractivity contribution is 0.0530. The van der Waals surface area contributed by atoms with Gasteiger partial charge in [-0.05, 0) is 37.4 Å². The summed E-state index contributed by atoms with van der Waals surface area (Å²) in [5, 5.41) is 10.1. The van der Waals surface area contributed by atoms with Crippen molar-refractivity contribution in [3.05, 3.63) is 24.3 Å². The van der Waals surface area contributed by atoms with E-state index in [1.54, 1.807) is 7.11 Å². The quantitative estimate of drug-likeness (QED) is 0.866. The smallest absolute Gasteiger partial charge is 0.161 e. The fourth-order valence-electron chi connectivity index (χ4n) is 2.73. The molecule has 0 radical (unpaired) electrons. The molecule has 0 aliphatic carbocycles. The molecule has 2 atom stereocenters. The number of para-hydroxylation sites is 2. The molecule has 0 aromatic heterocycles. The number of ether oxygens (including phenoxy) is 2. The number of hydrogen-bond acceptors (Lipinski definition) is 4. The zero-order valence-corrected chi connectivity index (χ0v) is 12.4. The predicted molar refractivity (Wildman–Crippen MR) is 79.3 cm³/mol.